The van der Waals surface area contributed by atoms with E-state index in [4.69, 9.17) is 23.7 Å². The fourth-order valence-corrected chi connectivity index (χ4v) is 8.28. The predicted molar refractivity (Wildman–Crippen MR) is 312 cm³/mol. The van der Waals surface area contributed by atoms with E-state index in [1.165, 1.54) is 25.7 Å². The molecule has 1 fully saturated rings. The van der Waals surface area contributed by atoms with E-state index in [1.807, 2.05) is 0 Å². The highest BCUT2D eigenvalue weighted by Crippen LogP contribution is 2.26. The Balaban J connectivity index is 2.73. The highest BCUT2D eigenvalue weighted by molar-refractivity contribution is 5.74. The van der Waals surface area contributed by atoms with Gasteiger partial charge in [-0.3, -0.25) is 14.4 Å². The number of allylic oxidation sites excluding steroid dienone is 18. The largest absolute Gasteiger partial charge is 0.479 e. The molecule has 0 bridgehead atoms. The number of esters is 3. The highest BCUT2D eigenvalue weighted by atomic mass is 16.7. The van der Waals surface area contributed by atoms with Gasteiger partial charge in [-0.2, -0.15) is 0 Å². The Morgan fingerprint density at radius 3 is 1.26 bits per heavy atom. The molecule has 0 radical (unpaired) electrons. The van der Waals surface area contributed by atoms with E-state index in [9.17, 15) is 34.5 Å². The fourth-order valence-electron chi connectivity index (χ4n) is 8.28. The van der Waals surface area contributed by atoms with Crippen molar-refractivity contribution in [2.75, 3.05) is 13.2 Å². The van der Waals surface area contributed by atoms with E-state index >= 15 is 0 Å². The highest BCUT2D eigenvalue weighted by Gasteiger charge is 2.50. The van der Waals surface area contributed by atoms with E-state index in [0.717, 1.165) is 141 Å². The monoisotopic (exact) mass is 1080 g/mol. The summed E-state index contributed by atoms with van der Waals surface area (Å²) in [6.07, 6.45) is 57.6. The van der Waals surface area contributed by atoms with Crippen LogP contribution in [0.15, 0.2) is 109 Å². The SMILES string of the molecule is CC/C=C\C/C=C\C/C=C\C/C=C\CCCCCCC(=O)OCC(COC1OC(C(=O)O)C(O)C(O)C1OC(=O)CCCCCC/C=C\C/C=C\C/C=C\C/C=C\CC)OC(=O)CCCCCCC/C=C\CCCCCC. The second-order valence-electron chi connectivity index (χ2n) is 19.9. The number of aliphatic carboxylic acids is 1. The maximum Gasteiger partial charge on any atom is 0.335 e. The molecular weight excluding hydrogens is 973 g/mol. The van der Waals surface area contributed by atoms with Gasteiger partial charge in [-0.15, -0.1) is 0 Å². The van der Waals surface area contributed by atoms with E-state index in [-0.39, 0.29) is 25.9 Å². The van der Waals surface area contributed by atoms with Gasteiger partial charge in [-0.05, 0) is 122 Å². The van der Waals surface area contributed by atoms with Gasteiger partial charge < -0.3 is 39.0 Å². The molecule has 0 spiro atoms. The molecule has 6 atom stereocenters. The van der Waals surface area contributed by atoms with Crippen molar-refractivity contribution in [2.45, 2.75) is 263 Å². The molecule has 0 aromatic carbocycles. The fraction of sp³-hybridized carbons (Fsp3) is 0.662. The molecule has 3 N–H and O–H groups in total. The third-order valence-electron chi connectivity index (χ3n) is 12.8. The summed E-state index contributed by atoms with van der Waals surface area (Å²) in [6, 6.07) is 0. The number of hydrogen-bond acceptors (Lipinski definition) is 11. The van der Waals surface area contributed by atoms with Gasteiger partial charge in [0.05, 0.1) is 6.61 Å². The van der Waals surface area contributed by atoms with Crippen molar-refractivity contribution in [3.05, 3.63) is 109 Å². The second kappa shape index (κ2) is 52.1. The van der Waals surface area contributed by atoms with Crippen molar-refractivity contribution >= 4 is 23.9 Å². The zero-order chi connectivity index (χ0) is 56.1. The average molecular weight is 1080 g/mol. The summed E-state index contributed by atoms with van der Waals surface area (Å²) in [4.78, 5) is 51.1. The summed E-state index contributed by atoms with van der Waals surface area (Å²) in [5.41, 5.74) is 0. The van der Waals surface area contributed by atoms with E-state index in [1.54, 1.807) is 0 Å². The number of rotatable bonds is 49. The van der Waals surface area contributed by atoms with Crippen LogP contribution in [0, 0.1) is 0 Å². The second-order valence-corrected chi connectivity index (χ2v) is 19.9. The molecule has 0 amide bonds. The summed E-state index contributed by atoms with van der Waals surface area (Å²) in [5.74, 6) is -3.21. The van der Waals surface area contributed by atoms with E-state index in [0.29, 0.717) is 19.3 Å². The number of aliphatic hydroxyl groups is 2. The molecule has 0 aromatic rings. The first-order valence-electron chi connectivity index (χ1n) is 29.9. The van der Waals surface area contributed by atoms with Gasteiger partial charge >= 0.3 is 23.9 Å². The van der Waals surface area contributed by atoms with Gasteiger partial charge in [0.2, 0.25) is 0 Å². The Hall–Kier alpha value is -4.62. The Morgan fingerprint density at radius 2 is 0.818 bits per heavy atom. The smallest absolute Gasteiger partial charge is 0.335 e. The normalized spacial score (nSPS) is 18.8. The van der Waals surface area contributed by atoms with Crippen molar-refractivity contribution in [1.82, 2.24) is 0 Å². The lowest BCUT2D eigenvalue weighted by Crippen LogP contribution is -2.61. The van der Waals surface area contributed by atoms with Crippen molar-refractivity contribution < 1.29 is 58.2 Å². The minimum absolute atomic E-state index is 0.0239. The summed E-state index contributed by atoms with van der Waals surface area (Å²) in [5, 5.41) is 31.5. The van der Waals surface area contributed by atoms with Crippen molar-refractivity contribution in [3.63, 3.8) is 0 Å². The van der Waals surface area contributed by atoms with Crippen molar-refractivity contribution in [2.24, 2.45) is 0 Å². The van der Waals surface area contributed by atoms with Gasteiger partial charge in [0, 0.05) is 19.3 Å². The molecule has 1 aliphatic heterocycles. The van der Waals surface area contributed by atoms with E-state index in [2.05, 4.69) is 130 Å². The first kappa shape index (κ1) is 70.4. The summed E-state index contributed by atoms with van der Waals surface area (Å²) < 4.78 is 28.4. The molecule has 436 valence electrons. The molecule has 12 nitrogen and oxygen atoms in total. The zero-order valence-corrected chi connectivity index (χ0v) is 47.9. The third-order valence-corrected chi connectivity index (χ3v) is 12.8. The van der Waals surface area contributed by atoms with Crippen LogP contribution in [0.2, 0.25) is 0 Å². The summed E-state index contributed by atoms with van der Waals surface area (Å²) in [6.45, 7) is 5.70. The molecule has 77 heavy (non-hydrogen) atoms. The lowest BCUT2D eigenvalue weighted by atomic mass is 9.98. The number of unbranched alkanes of at least 4 members (excludes halogenated alkanes) is 17. The molecular formula is C65H104O12. The van der Waals surface area contributed by atoms with Crippen LogP contribution in [-0.4, -0.2) is 89.2 Å². The van der Waals surface area contributed by atoms with Gasteiger partial charge in [-0.25, -0.2) is 4.79 Å². The van der Waals surface area contributed by atoms with Crippen LogP contribution in [0.25, 0.3) is 0 Å². The molecule has 1 saturated heterocycles. The van der Waals surface area contributed by atoms with Crippen LogP contribution >= 0.6 is 0 Å². The lowest BCUT2D eigenvalue weighted by molar-refractivity contribution is -0.301. The number of carboxylic acid groups (broad SMARTS) is 1. The van der Waals surface area contributed by atoms with Crippen LogP contribution in [-0.2, 0) is 42.9 Å². The van der Waals surface area contributed by atoms with Crippen LogP contribution in [0.3, 0.4) is 0 Å². The van der Waals surface area contributed by atoms with Crippen LogP contribution in [0.5, 0.6) is 0 Å². The Kier molecular flexibility index (Phi) is 47.6. The topological polar surface area (TPSA) is 175 Å². The molecule has 6 unspecified atom stereocenters. The third kappa shape index (κ3) is 42.1. The quantitative estimate of drug-likeness (QED) is 0.0228. The van der Waals surface area contributed by atoms with Gasteiger partial charge in [0.25, 0.3) is 0 Å². The van der Waals surface area contributed by atoms with Crippen LogP contribution in [0.4, 0.5) is 0 Å². The first-order chi connectivity index (χ1) is 37.6. The average Bonchev–Trinajstić information content (AvgIpc) is 3.42. The standard InChI is InChI=1S/C65H104O12/c1-4-7-10-13-16-19-22-25-27-29-31-34-36-39-42-45-48-51-57(66)73-54-56(75-58(67)52-49-46-43-40-37-33-24-21-18-15-12-9-6-3)55-74-65-63(61(70)60(69)62(77-65)64(71)72)76-59(68)53-50-47-44-41-38-35-32-30-28-26-23-20-17-14-11-8-5-2/h7-8,10-11,16-17,19-21,24-28,31-32,34-35,56,60-63,65,69-70H,4-6,9,12-15,18,22-23,29-30,33,36-55H2,1-3H3,(H,71,72)/b10-7-,11-8-,19-16-,20-17-,24-21-,27-25-,28-26-,34-31-,35-32-. The molecule has 1 heterocycles. The van der Waals surface area contributed by atoms with Gasteiger partial charge in [-0.1, -0.05) is 194 Å². The minimum atomic E-state index is -1.92. The maximum atomic E-state index is 13.1. The minimum Gasteiger partial charge on any atom is -0.479 e. The Labute approximate surface area is 465 Å². The van der Waals surface area contributed by atoms with Crippen LogP contribution < -0.4 is 0 Å². The Bertz CT molecular complexity index is 1750. The summed E-state index contributed by atoms with van der Waals surface area (Å²) in [7, 11) is 0. The predicted octanol–water partition coefficient (Wildman–Crippen LogP) is 15.4. The van der Waals surface area contributed by atoms with Crippen molar-refractivity contribution in [3.8, 4) is 0 Å². The number of aliphatic hydroxyl groups excluding tert-OH is 2. The molecule has 12 heteroatoms. The number of carbonyl (C=O) groups is 4. The van der Waals surface area contributed by atoms with Crippen LogP contribution in [0.1, 0.15) is 226 Å². The molecule has 1 rings (SSSR count). The zero-order valence-electron chi connectivity index (χ0n) is 47.9. The Morgan fingerprint density at radius 1 is 0.442 bits per heavy atom. The summed E-state index contributed by atoms with van der Waals surface area (Å²) >= 11 is 0. The molecule has 0 saturated carbocycles. The first-order valence-corrected chi connectivity index (χ1v) is 29.9. The number of ether oxygens (including phenoxy) is 5. The maximum absolute atomic E-state index is 13.1. The van der Waals surface area contributed by atoms with Gasteiger partial charge in [0.15, 0.2) is 24.6 Å². The van der Waals surface area contributed by atoms with E-state index < -0.39 is 67.3 Å². The number of carbonyl (C=O) groups excluding carboxylic acids is 3. The molecule has 0 aromatic heterocycles. The van der Waals surface area contributed by atoms with Gasteiger partial charge in [0.1, 0.15) is 18.8 Å². The lowest BCUT2D eigenvalue weighted by Gasteiger charge is -2.40. The van der Waals surface area contributed by atoms with Crippen molar-refractivity contribution in [1.29, 1.82) is 0 Å². The molecule has 1 aliphatic rings. The number of hydrogen-bond donors (Lipinski definition) is 3. The number of carboxylic acids is 1. The molecule has 0 aliphatic carbocycles.